The van der Waals surface area contributed by atoms with Crippen LogP contribution in [-0.4, -0.2) is 27.8 Å². The fourth-order valence-corrected chi connectivity index (χ4v) is 1.20. The number of benzene rings is 1. The molecule has 0 bridgehead atoms. The molecule has 4 nitrogen and oxygen atoms in total. The van der Waals surface area contributed by atoms with Crippen molar-refractivity contribution in [2.24, 2.45) is 11.5 Å². The SMILES string of the molecule is CC.CN.COc1ccc(CCN)cc1OC. The van der Waals surface area contributed by atoms with Crippen LogP contribution in [0.25, 0.3) is 0 Å². The number of methoxy groups -OCH3 is 2. The lowest BCUT2D eigenvalue weighted by Gasteiger charge is -2.08. The highest BCUT2D eigenvalue weighted by molar-refractivity contribution is 5.42. The van der Waals surface area contributed by atoms with Gasteiger partial charge in [0, 0.05) is 0 Å². The molecule has 4 N–H and O–H groups in total. The maximum absolute atomic E-state index is 5.45. The molecule has 0 aliphatic rings. The van der Waals surface area contributed by atoms with Crippen molar-refractivity contribution in [1.82, 2.24) is 0 Å². The summed E-state index contributed by atoms with van der Waals surface area (Å²) in [7, 11) is 4.75. The minimum atomic E-state index is 0.648. The number of hydrogen-bond donors (Lipinski definition) is 2. The predicted molar refractivity (Wildman–Crippen MR) is 73.8 cm³/mol. The molecule has 0 atom stereocenters. The van der Waals surface area contributed by atoms with Gasteiger partial charge in [-0.05, 0) is 37.7 Å². The Bertz CT molecular complexity index is 278. The second kappa shape index (κ2) is 12.8. The molecule has 0 radical (unpaired) electrons. The van der Waals surface area contributed by atoms with E-state index < -0.39 is 0 Å². The second-order valence-electron chi connectivity index (χ2n) is 2.73. The first kappa shape index (κ1) is 18.1. The van der Waals surface area contributed by atoms with Crippen molar-refractivity contribution in [3.63, 3.8) is 0 Å². The molecule has 0 saturated heterocycles. The van der Waals surface area contributed by atoms with Crippen LogP contribution in [0.3, 0.4) is 0 Å². The van der Waals surface area contributed by atoms with Crippen LogP contribution in [0.1, 0.15) is 19.4 Å². The Labute approximate surface area is 105 Å². The van der Waals surface area contributed by atoms with E-state index in [0.29, 0.717) is 6.54 Å². The second-order valence-corrected chi connectivity index (χ2v) is 2.73. The fraction of sp³-hybridized carbons (Fsp3) is 0.538. The molecule has 0 amide bonds. The Morgan fingerprint density at radius 2 is 1.53 bits per heavy atom. The van der Waals surface area contributed by atoms with Crippen LogP contribution in [0.15, 0.2) is 18.2 Å². The zero-order valence-corrected chi connectivity index (χ0v) is 11.6. The molecule has 0 saturated carbocycles. The maximum Gasteiger partial charge on any atom is 0.160 e. The molecule has 100 valence electrons. The van der Waals surface area contributed by atoms with E-state index in [9.17, 15) is 0 Å². The Morgan fingerprint density at radius 1 is 1.00 bits per heavy atom. The number of ether oxygens (including phenoxy) is 2. The molecule has 4 heteroatoms. The first-order chi connectivity index (χ1) is 8.31. The van der Waals surface area contributed by atoms with Crippen LogP contribution < -0.4 is 20.9 Å². The minimum absolute atomic E-state index is 0.648. The van der Waals surface area contributed by atoms with Crippen LogP contribution in [0.2, 0.25) is 0 Å². The van der Waals surface area contributed by atoms with Gasteiger partial charge in [0.05, 0.1) is 14.2 Å². The van der Waals surface area contributed by atoms with E-state index in [2.05, 4.69) is 5.73 Å². The fourth-order valence-electron chi connectivity index (χ4n) is 1.20. The maximum atomic E-state index is 5.45. The third kappa shape index (κ3) is 6.81. The van der Waals surface area contributed by atoms with E-state index in [1.165, 1.54) is 12.6 Å². The van der Waals surface area contributed by atoms with Gasteiger partial charge < -0.3 is 20.9 Å². The van der Waals surface area contributed by atoms with Gasteiger partial charge in [-0.1, -0.05) is 19.9 Å². The quantitative estimate of drug-likeness (QED) is 0.844. The Balaban J connectivity index is 0. The van der Waals surface area contributed by atoms with Crippen molar-refractivity contribution < 1.29 is 9.47 Å². The van der Waals surface area contributed by atoms with Gasteiger partial charge >= 0.3 is 0 Å². The standard InChI is InChI=1S/C10H15NO2.C2H6.CH5N/c1-12-9-4-3-8(5-6-11)7-10(9)13-2;2*1-2/h3-4,7H,5-6,11H2,1-2H3;1-2H3;2H2,1H3. The van der Waals surface area contributed by atoms with Crippen LogP contribution in [0.5, 0.6) is 11.5 Å². The first-order valence-corrected chi connectivity index (χ1v) is 5.80. The molecule has 1 aromatic carbocycles. The van der Waals surface area contributed by atoms with E-state index >= 15 is 0 Å². The molecule has 0 spiro atoms. The highest BCUT2D eigenvalue weighted by Gasteiger charge is 2.03. The van der Waals surface area contributed by atoms with Gasteiger partial charge in [-0.15, -0.1) is 0 Å². The topological polar surface area (TPSA) is 70.5 Å². The summed E-state index contributed by atoms with van der Waals surface area (Å²) in [5.41, 5.74) is 11.1. The van der Waals surface area contributed by atoms with Crippen molar-refractivity contribution in [1.29, 1.82) is 0 Å². The third-order valence-electron chi connectivity index (χ3n) is 1.88. The van der Waals surface area contributed by atoms with Crippen LogP contribution in [0.4, 0.5) is 0 Å². The summed E-state index contributed by atoms with van der Waals surface area (Å²) in [5.74, 6) is 1.51. The third-order valence-corrected chi connectivity index (χ3v) is 1.88. The molecule has 0 aliphatic heterocycles. The van der Waals surface area contributed by atoms with E-state index in [-0.39, 0.29) is 0 Å². The molecular weight excluding hydrogens is 216 g/mol. The van der Waals surface area contributed by atoms with E-state index in [4.69, 9.17) is 15.2 Å². The minimum Gasteiger partial charge on any atom is -0.493 e. The van der Waals surface area contributed by atoms with E-state index in [0.717, 1.165) is 17.9 Å². The summed E-state index contributed by atoms with van der Waals surface area (Å²) < 4.78 is 10.3. The largest absolute Gasteiger partial charge is 0.493 e. The Morgan fingerprint density at radius 3 is 1.94 bits per heavy atom. The molecule has 17 heavy (non-hydrogen) atoms. The average molecular weight is 242 g/mol. The number of nitrogens with two attached hydrogens (primary N) is 2. The summed E-state index contributed by atoms with van der Waals surface area (Å²) in [5, 5.41) is 0. The zero-order valence-electron chi connectivity index (χ0n) is 11.6. The lowest BCUT2D eigenvalue weighted by Crippen LogP contribution is -2.03. The molecule has 0 unspecified atom stereocenters. The van der Waals surface area contributed by atoms with Gasteiger partial charge in [-0.25, -0.2) is 0 Å². The van der Waals surface area contributed by atoms with E-state index in [1.807, 2.05) is 32.0 Å². The van der Waals surface area contributed by atoms with Gasteiger partial charge in [-0.2, -0.15) is 0 Å². The normalized spacial score (nSPS) is 8.18. The molecule has 0 aromatic heterocycles. The van der Waals surface area contributed by atoms with Crippen molar-refractivity contribution in [2.75, 3.05) is 27.8 Å². The number of rotatable bonds is 4. The highest BCUT2D eigenvalue weighted by Crippen LogP contribution is 2.27. The van der Waals surface area contributed by atoms with Gasteiger partial charge in [-0.3, -0.25) is 0 Å². The average Bonchev–Trinajstić information content (AvgIpc) is 2.43. The van der Waals surface area contributed by atoms with Crippen molar-refractivity contribution in [3.05, 3.63) is 23.8 Å². The van der Waals surface area contributed by atoms with Crippen LogP contribution >= 0.6 is 0 Å². The monoisotopic (exact) mass is 242 g/mol. The van der Waals surface area contributed by atoms with E-state index in [1.54, 1.807) is 14.2 Å². The lowest BCUT2D eigenvalue weighted by atomic mass is 10.1. The molecule has 0 heterocycles. The number of hydrogen-bond acceptors (Lipinski definition) is 4. The Hall–Kier alpha value is -1.26. The van der Waals surface area contributed by atoms with Crippen LogP contribution in [-0.2, 0) is 6.42 Å². The van der Waals surface area contributed by atoms with Crippen molar-refractivity contribution in [3.8, 4) is 11.5 Å². The van der Waals surface area contributed by atoms with Gasteiger partial charge in [0.25, 0.3) is 0 Å². The summed E-state index contributed by atoms with van der Waals surface area (Å²) >= 11 is 0. The van der Waals surface area contributed by atoms with Gasteiger partial charge in [0.15, 0.2) is 11.5 Å². The summed E-state index contributed by atoms with van der Waals surface area (Å²) in [6, 6.07) is 5.84. The van der Waals surface area contributed by atoms with Crippen molar-refractivity contribution >= 4 is 0 Å². The lowest BCUT2D eigenvalue weighted by molar-refractivity contribution is 0.354. The predicted octanol–water partition coefficient (Wildman–Crippen LogP) is 1.81. The van der Waals surface area contributed by atoms with Gasteiger partial charge in [0.1, 0.15) is 0 Å². The molecule has 0 fully saturated rings. The molecule has 1 rings (SSSR count). The summed E-state index contributed by atoms with van der Waals surface area (Å²) in [6.07, 6.45) is 0.861. The molecule has 1 aromatic rings. The molecule has 0 aliphatic carbocycles. The summed E-state index contributed by atoms with van der Waals surface area (Å²) in [6.45, 7) is 4.65. The first-order valence-electron chi connectivity index (χ1n) is 5.80. The zero-order chi connectivity index (χ0) is 13.7. The molecular formula is C13H26N2O2. The smallest absolute Gasteiger partial charge is 0.160 e. The van der Waals surface area contributed by atoms with Gasteiger partial charge in [0.2, 0.25) is 0 Å². The summed E-state index contributed by atoms with van der Waals surface area (Å²) in [4.78, 5) is 0. The van der Waals surface area contributed by atoms with Crippen molar-refractivity contribution in [2.45, 2.75) is 20.3 Å². The Kier molecular flexibility index (Phi) is 13.6. The highest BCUT2D eigenvalue weighted by atomic mass is 16.5. The van der Waals surface area contributed by atoms with Crippen LogP contribution in [0, 0.1) is 0 Å².